The first-order valence-corrected chi connectivity index (χ1v) is 10.2. The molecule has 3 aromatic carbocycles. The topological polar surface area (TPSA) is 46.4 Å². The van der Waals surface area contributed by atoms with Crippen LogP contribution in [0.5, 0.6) is 0 Å². The van der Waals surface area contributed by atoms with Crippen LogP contribution in [0.25, 0.3) is 10.9 Å². The Kier molecular flexibility index (Phi) is 5.88. The zero-order valence-corrected chi connectivity index (χ0v) is 17.8. The zero-order chi connectivity index (χ0) is 21.1. The van der Waals surface area contributed by atoms with Crippen LogP contribution in [-0.4, -0.2) is 16.7 Å². The molecule has 0 unspecified atom stereocenters. The number of fused-ring (bicyclic) bond motifs is 1. The molecule has 0 spiro atoms. The molecule has 4 rings (SSSR count). The Hall–Kier alpha value is -3.08. The molecule has 4 aromatic rings. The van der Waals surface area contributed by atoms with Gasteiger partial charge in [-0.15, -0.1) is 0 Å². The molecule has 0 atom stereocenters. The number of benzene rings is 3. The minimum Gasteiger partial charge on any atom is -0.342 e. The lowest BCUT2D eigenvalue weighted by atomic mass is 10.1. The van der Waals surface area contributed by atoms with Crippen LogP contribution in [0.4, 0.5) is 0 Å². The van der Waals surface area contributed by atoms with E-state index < -0.39 is 0 Å². The van der Waals surface area contributed by atoms with Gasteiger partial charge in [0.25, 0.3) is 5.91 Å². The van der Waals surface area contributed by atoms with E-state index in [2.05, 4.69) is 15.1 Å². The predicted molar refractivity (Wildman–Crippen MR) is 124 cm³/mol. The van der Waals surface area contributed by atoms with E-state index in [9.17, 15) is 4.79 Å². The van der Waals surface area contributed by atoms with Gasteiger partial charge in [-0.1, -0.05) is 65.7 Å². The molecule has 150 valence electrons. The molecule has 6 heteroatoms. The van der Waals surface area contributed by atoms with Crippen LogP contribution < -0.4 is 5.43 Å². The molecule has 0 radical (unpaired) electrons. The summed E-state index contributed by atoms with van der Waals surface area (Å²) in [6, 6.07) is 21.0. The molecule has 1 heterocycles. The molecule has 30 heavy (non-hydrogen) atoms. The third-order valence-electron chi connectivity index (χ3n) is 4.93. The van der Waals surface area contributed by atoms with E-state index in [1.54, 1.807) is 18.3 Å². The lowest BCUT2D eigenvalue weighted by molar-refractivity contribution is 0.0954. The summed E-state index contributed by atoms with van der Waals surface area (Å²) in [6.07, 6.45) is 3.66. The number of nitrogens with one attached hydrogen (secondary N) is 1. The average molecular weight is 436 g/mol. The van der Waals surface area contributed by atoms with Crippen molar-refractivity contribution in [3.63, 3.8) is 0 Å². The van der Waals surface area contributed by atoms with Crippen molar-refractivity contribution < 1.29 is 4.79 Å². The number of nitrogens with zero attached hydrogens (tertiary/aromatic N) is 2. The molecule has 0 aliphatic heterocycles. The summed E-state index contributed by atoms with van der Waals surface area (Å²) in [6.45, 7) is 2.49. The molecule has 1 amide bonds. The lowest BCUT2D eigenvalue weighted by Gasteiger charge is -2.08. The number of rotatable bonds is 5. The van der Waals surface area contributed by atoms with Gasteiger partial charge in [-0.25, -0.2) is 5.43 Å². The standard InChI is InChI=1S/C24H19Cl2N3O/c1-16-6-2-3-7-20(16)24(30)28-27-13-18-15-29(23-9-5-4-8-21(18)23)14-17-10-11-19(25)12-22(17)26/h2-13,15H,14H2,1H3,(H,28,30). The van der Waals surface area contributed by atoms with E-state index in [-0.39, 0.29) is 5.91 Å². The molecule has 4 nitrogen and oxygen atoms in total. The molecule has 1 aromatic heterocycles. The number of hydrogen-bond donors (Lipinski definition) is 1. The minimum absolute atomic E-state index is 0.235. The first-order chi connectivity index (χ1) is 14.5. The van der Waals surface area contributed by atoms with E-state index in [4.69, 9.17) is 23.2 Å². The van der Waals surface area contributed by atoms with Crippen molar-refractivity contribution in [1.29, 1.82) is 0 Å². The fourth-order valence-corrected chi connectivity index (χ4v) is 3.86. The normalized spacial score (nSPS) is 11.3. The Morgan fingerprint density at radius 1 is 1.07 bits per heavy atom. The highest BCUT2D eigenvalue weighted by molar-refractivity contribution is 6.35. The molecule has 0 fully saturated rings. The number of amides is 1. The summed E-state index contributed by atoms with van der Waals surface area (Å²) in [5.41, 5.74) is 7.05. The van der Waals surface area contributed by atoms with E-state index in [0.29, 0.717) is 22.2 Å². The number of para-hydroxylation sites is 1. The van der Waals surface area contributed by atoms with Gasteiger partial charge >= 0.3 is 0 Å². The van der Waals surface area contributed by atoms with Gasteiger partial charge in [0.15, 0.2) is 0 Å². The maximum Gasteiger partial charge on any atom is 0.271 e. The SMILES string of the molecule is Cc1ccccc1C(=O)NN=Cc1cn(Cc2ccc(Cl)cc2Cl)c2ccccc12. The summed E-state index contributed by atoms with van der Waals surface area (Å²) in [4.78, 5) is 12.4. The second-order valence-electron chi connectivity index (χ2n) is 6.98. The van der Waals surface area contributed by atoms with Crippen molar-refractivity contribution in [3.8, 4) is 0 Å². The molecular weight excluding hydrogens is 417 g/mol. The summed E-state index contributed by atoms with van der Waals surface area (Å²) < 4.78 is 2.11. The number of halogens is 2. The zero-order valence-electron chi connectivity index (χ0n) is 16.3. The van der Waals surface area contributed by atoms with Crippen LogP contribution in [0.1, 0.15) is 27.0 Å². The van der Waals surface area contributed by atoms with Gasteiger partial charge in [0.1, 0.15) is 0 Å². The first-order valence-electron chi connectivity index (χ1n) is 9.44. The highest BCUT2D eigenvalue weighted by Crippen LogP contribution is 2.25. The van der Waals surface area contributed by atoms with Gasteiger partial charge in [0, 0.05) is 44.8 Å². The van der Waals surface area contributed by atoms with E-state index in [0.717, 1.165) is 27.6 Å². The van der Waals surface area contributed by atoms with Gasteiger partial charge in [0.05, 0.1) is 6.21 Å². The van der Waals surface area contributed by atoms with Gasteiger partial charge < -0.3 is 4.57 Å². The quantitative estimate of drug-likeness (QED) is 0.300. The van der Waals surface area contributed by atoms with Crippen LogP contribution in [0.2, 0.25) is 10.0 Å². The Morgan fingerprint density at radius 2 is 1.83 bits per heavy atom. The molecule has 0 aliphatic rings. The number of aromatic nitrogens is 1. The van der Waals surface area contributed by atoms with Gasteiger partial charge in [0.2, 0.25) is 0 Å². The first kappa shape index (κ1) is 20.2. The number of hydrazone groups is 1. The predicted octanol–water partition coefficient (Wildman–Crippen LogP) is 6.07. The second-order valence-corrected chi connectivity index (χ2v) is 7.82. The summed E-state index contributed by atoms with van der Waals surface area (Å²) in [5.74, 6) is -0.235. The van der Waals surface area contributed by atoms with Crippen LogP contribution in [-0.2, 0) is 6.54 Å². The van der Waals surface area contributed by atoms with Crippen molar-refractivity contribution in [3.05, 3.63) is 105 Å². The Bertz CT molecular complexity index is 1260. The fraction of sp³-hybridized carbons (Fsp3) is 0.0833. The van der Waals surface area contributed by atoms with Gasteiger partial charge in [-0.2, -0.15) is 5.10 Å². The number of carbonyl (C=O) groups is 1. The fourth-order valence-electron chi connectivity index (χ4n) is 3.39. The molecule has 0 saturated carbocycles. The third kappa shape index (κ3) is 4.25. The van der Waals surface area contributed by atoms with Crippen LogP contribution >= 0.6 is 23.2 Å². The molecule has 1 N–H and O–H groups in total. The van der Waals surface area contributed by atoms with E-state index >= 15 is 0 Å². The average Bonchev–Trinajstić information content (AvgIpc) is 3.08. The Morgan fingerprint density at radius 3 is 2.63 bits per heavy atom. The monoisotopic (exact) mass is 435 g/mol. The Balaban J connectivity index is 1.60. The van der Waals surface area contributed by atoms with Gasteiger partial charge in [-0.3, -0.25) is 4.79 Å². The van der Waals surface area contributed by atoms with E-state index in [1.165, 1.54) is 0 Å². The van der Waals surface area contributed by atoms with Crippen molar-refractivity contribution in [2.75, 3.05) is 0 Å². The smallest absolute Gasteiger partial charge is 0.271 e. The summed E-state index contributed by atoms with van der Waals surface area (Å²) >= 11 is 12.4. The van der Waals surface area contributed by atoms with Crippen LogP contribution in [0, 0.1) is 6.92 Å². The Labute approximate surface area is 184 Å². The molecular formula is C24H19Cl2N3O. The second kappa shape index (κ2) is 8.74. The van der Waals surface area contributed by atoms with Crippen molar-refractivity contribution >= 4 is 46.2 Å². The highest BCUT2D eigenvalue weighted by Gasteiger charge is 2.10. The van der Waals surface area contributed by atoms with Crippen molar-refractivity contribution in [2.45, 2.75) is 13.5 Å². The maximum absolute atomic E-state index is 12.4. The van der Waals surface area contributed by atoms with Gasteiger partial charge in [-0.05, 0) is 42.3 Å². The number of carbonyl (C=O) groups excluding carboxylic acids is 1. The maximum atomic E-state index is 12.4. The third-order valence-corrected chi connectivity index (χ3v) is 5.52. The van der Waals surface area contributed by atoms with Crippen molar-refractivity contribution in [2.24, 2.45) is 5.10 Å². The number of aryl methyl sites for hydroxylation is 1. The minimum atomic E-state index is -0.235. The number of hydrogen-bond acceptors (Lipinski definition) is 2. The summed E-state index contributed by atoms with van der Waals surface area (Å²) in [7, 11) is 0. The largest absolute Gasteiger partial charge is 0.342 e. The highest BCUT2D eigenvalue weighted by atomic mass is 35.5. The van der Waals surface area contributed by atoms with Crippen molar-refractivity contribution in [1.82, 2.24) is 9.99 Å². The summed E-state index contributed by atoms with van der Waals surface area (Å²) in [5, 5.41) is 6.45. The molecule has 0 bridgehead atoms. The van der Waals surface area contributed by atoms with E-state index in [1.807, 2.05) is 67.7 Å². The van der Waals surface area contributed by atoms with Crippen LogP contribution in [0.15, 0.2) is 78.0 Å². The molecule has 0 aliphatic carbocycles. The molecule has 0 saturated heterocycles. The lowest BCUT2D eigenvalue weighted by Crippen LogP contribution is -2.18. The van der Waals surface area contributed by atoms with Crippen LogP contribution in [0.3, 0.4) is 0 Å².